The second kappa shape index (κ2) is 7.13. The van der Waals surface area contributed by atoms with Crippen molar-refractivity contribution in [1.29, 1.82) is 0 Å². The van der Waals surface area contributed by atoms with Crippen molar-refractivity contribution >= 4 is 16.9 Å². The van der Waals surface area contributed by atoms with Gasteiger partial charge in [0.05, 0.1) is 12.5 Å². The second-order valence-electron chi connectivity index (χ2n) is 7.22. The van der Waals surface area contributed by atoms with E-state index >= 15 is 0 Å². The quantitative estimate of drug-likeness (QED) is 0.570. The number of methoxy groups -OCH3 is 1. The Bertz CT molecular complexity index is 1190. The van der Waals surface area contributed by atoms with Crippen LogP contribution in [0.2, 0.25) is 0 Å². The fourth-order valence-corrected chi connectivity index (χ4v) is 4.05. The number of hydrogen-bond donors (Lipinski definition) is 1. The van der Waals surface area contributed by atoms with Crippen LogP contribution in [0.4, 0.5) is 5.82 Å². The van der Waals surface area contributed by atoms with E-state index in [-0.39, 0.29) is 0 Å². The Morgan fingerprint density at radius 1 is 0.931 bits per heavy atom. The Labute approximate surface area is 168 Å². The summed E-state index contributed by atoms with van der Waals surface area (Å²) in [7, 11) is 1.67. The minimum atomic E-state index is 0.445. The monoisotopic (exact) mass is 383 g/mol. The largest absolute Gasteiger partial charge is 0.497 e. The minimum Gasteiger partial charge on any atom is -0.497 e. The molecule has 1 aliphatic carbocycles. The third-order valence-corrected chi connectivity index (χ3v) is 5.45. The standard InChI is InChI=1S/C23H21N5O/c1-29-16-10-8-14(9-11-16)19-17-6-2-3-7-18(17)26-23-20(19)21(24)27-22(28-23)15-5-4-12-25-13-15/h4-5,8-13H,2-3,6-7H2,1H3,(H2,24,26,27,28). The Morgan fingerprint density at radius 2 is 1.76 bits per heavy atom. The van der Waals surface area contributed by atoms with E-state index in [0.717, 1.165) is 59.2 Å². The van der Waals surface area contributed by atoms with Crippen molar-refractivity contribution in [2.45, 2.75) is 25.7 Å². The lowest BCUT2D eigenvalue weighted by Gasteiger charge is -2.21. The average molecular weight is 383 g/mol. The van der Waals surface area contributed by atoms with Crippen LogP contribution in [-0.2, 0) is 12.8 Å². The van der Waals surface area contributed by atoms with Crippen LogP contribution in [-0.4, -0.2) is 27.0 Å². The van der Waals surface area contributed by atoms with Crippen molar-refractivity contribution in [3.05, 3.63) is 60.0 Å². The van der Waals surface area contributed by atoms with E-state index in [2.05, 4.69) is 22.1 Å². The molecule has 0 unspecified atom stereocenters. The van der Waals surface area contributed by atoms with E-state index in [1.807, 2.05) is 24.3 Å². The summed E-state index contributed by atoms with van der Waals surface area (Å²) < 4.78 is 5.33. The van der Waals surface area contributed by atoms with E-state index in [4.69, 9.17) is 20.4 Å². The van der Waals surface area contributed by atoms with Gasteiger partial charge in [-0.3, -0.25) is 4.98 Å². The summed E-state index contributed by atoms with van der Waals surface area (Å²) in [6, 6.07) is 11.9. The molecule has 2 N–H and O–H groups in total. The van der Waals surface area contributed by atoms with Crippen LogP contribution in [0.5, 0.6) is 5.75 Å². The van der Waals surface area contributed by atoms with E-state index in [9.17, 15) is 0 Å². The molecular weight excluding hydrogens is 362 g/mol. The molecule has 3 heterocycles. The lowest BCUT2D eigenvalue weighted by atomic mass is 9.87. The van der Waals surface area contributed by atoms with Gasteiger partial charge < -0.3 is 10.5 Å². The summed E-state index contributed by atoms with van der Waals surface area (Å²) in [5, 5.41) is 0.823. The maximum absolute atomic E-state index is 6.49. The number of pyridine rings is 2. The summed E-state index contributed by atoms with van der Waals surface area (Å²) in [6.07, 6.45) is 7.71. The zero-order valence-corrected chi connectivity index (χ0v) is 16.2. The first-order valence-corrected chi connectivity index (χ1v) is 9.78. The summed E-state index contributed by atoms with van der Waals surface area (Å²) >= 11 is 0. The predicted octanol–water partition coefficient (Wildman–Crippen LogP) is 4.22. The molecule has 5 rings (SSSR count). The normalized spacial score (nSPS) is 13.3. The second-order valence-corrected chi connectivity index (χ2v) is 7.22. The van der Waals surface area contributed by atoms with Crippen LogP contribution in [0.25, 0.3) is 33.5 Å². The highest BCUT2D eigenvalue weighted by Crippen LogP contribution is 2.39. The minimum absolute atomic E-state index is 0.445. The van der Waals surface area contributed by atoms with Crippen molar-refractivity contribution in [1.82, 2.24) is 19.9 Å². The van der Waals surface area contributed by atoms with Crippen LogP contribution in [0.15, 0.2) is 48.8 Å². The van der Waals surface area contributed by atoms with Crippen molar-refractivity contribution in [3.63, 3.8) is 0 Å². The fraction of sp³-hybridized carbons (Fsp3) is 0.217. The molecule has 144 valence electrons. The van der Waals surface area contributed by atoms with Crippen LogP contribution in [0, 0.1) is 0 Å². The molecule has 0 amide bonds. The molecule has 1 aliphatic rings. The number of aromatic nitrogens is 4. The highest BCUT2D eigenvalue weighted by molar-refractivity contribution is 6.02. The number of nitrogen functional groups attached to an aromatic ring is 1. The smallest absolute Gasteiger partial charge is 0.166 e. The number of benzene rings is 1. The fourth-order valence-electron chi connectivity index (χ4n) is 4.05. The van der Waals surface area contributed by atoms with Crippen molar-refractivity contribution in [2.24, 2.45) is 0 Å². The predicted molar refractivity (Wildman–Crippen MR) is 114 cm³/mol. The highest BCUT2D eigenvalue weighted by Gasteiger charge is 2.22. The first kappa shape index (κ1) is 17.6. The van der Waals surface area contributed by atoms with Crippen LogP contribution in [0.3, 0.4) is 0 Å². The van der Waals surface area contributed by atoms with E-state index in [0.29, 0.717) is 17.3 Å². The Balaban J connectivity index is 1.79. The third kappa shape index (κ3) is 3.06. The number of aryl methyl sites for hydroxylation is 1. The number of hydrogen-bond acceptors (Lipinski definition) is 6. The van der Waals surface area contributed by atoms with Gasteiger partial charge in [-0.05, 0) is 61.1 Å². The van der Waals surface area contributed by atoms with Crippen LogP contribution in [0.1, 0.15) is 24.1 Å². The van der Waals surface area contributed by atoms with E-state index in [1.54, 1.807) is 19.5 Å². The van der Waals surface area contributed by atoms with Crippen LogP contribution < -0.4 is 10.5 Å². The maximum atomic E-state index is 6.49. The SMILES string of the molecule is COc1ccc(-c2c3c(nc4nc(-c5cccnc5)nc(N)c24)CCCC3)cc1. The number of ether oxygens (including phenoxy) is 1. The summed E-state index contributed by atoms with van der Waals surface area (Å²) in [5.74, 6) is 1.82. The molecule has 3 aromatic heterocycles. The number of anilines is 1. The first-order valence-electron chi connectivity index (χ1n) is 9.78. The van der Waals surface area contributed by atoms with Gasteiger partial charge in [-0.25, -0.2) is 15.0 Å². The zero-order valence-electron chi connectivity index (χ0n) is 16.2. The van der Waals surface area contributed by atoms with Gasteiger partial charge in [0, 0.05) is 29.2 Å². The molecule has 0 aliphatic heterocycles. The molecule has 6 nitrogen and oxygen atoms in total. The van der Waals surface area contributed by atoms with Crippen LogP contribution >= 0.6 is 0 Å². The van der Waals surface area contributed by atoms with Gasteiger partial charge in [-0.15, -0.1) is 0 Å². The van der Waals surface area contributed by atoms with Gasteiger partial charge >= 0.3 is 0 Å². The van der Waals surface area contributed by atoms with Gasteiger partial charge in [0.25, 0.3) is 0 Å². The highest BCUT2D eigenvalue weighted by atomic mass is 16.5. The average Bonchev–Trinajstić information content (AvgIpc) is 2.78. The molecular formula is C23H21N5O. The Hall–Kier alpha value is -3.54. The number of fused-ring (bicyclic) bond motifs is 2. The van der Waals surface area contributed by atoms with Crippen molar-refractivity contribution < 1.29 is 4.74 Å². The first-order chi connectivity index (χ1) is 14.2. The third-order valence-electron chi connectivity index (χ3n) is 5.45. The molecule has 0 saturated heterocycles. The van der Waals surface area contributed by atoms with Gasteiger partial charge in [-0.1, -0.05) is 12.1 Å². The molecule has 0 bridgehead atoms. The van der Waals surface area contributed by atoms with Gasteiger partial charge in [0.1, 0.15) is 11.6 Å². The zero-order chi connectivity index (χ0) is 19.8. The van der Waals surface area contributed by atoms with E-state index in [1.165, 1.54) is 5.56 Å². The Kier molecular flexibility index (Phi) is 4.31. The van der Waals surface area contributed by atoms with Gasteiger partial charge in [0.2, 0.25) is 0 Å². The van der Waals surface area contributed by atoms with Gasteiger partial charge in [-0.2, -0.15) is 0 Å². The van der Waals surface area contributed by atoms with Crippen molar-refractivity contribution in [2.75, 3.05) is 12.8 Å². The molecule has 29 heavy (non-hydrogen) atoms. The lowest BCUT2D eigenvalue weighted by molar-refractivity contribution is 0.415. The molecule has 0 fully saturated rings. The summed E-state index contributed by atoms with van der Waals surface area (Å²) in [5.41, 5.74) is 12.5. The number of nitrogens with zero attached hydrogens (tertiary/aromatic N) is 4. The topological polar surface area (TPSA) is 86.8 Å². The number of nitrogens with two attached hydrogens (primary N) is 1. The molecule has 6 heteroatoms. The van der Waals surface area contributed by atoms with Gasteiger partial charge in [0.15, 0.2) is 11.5 Å². The number of rotatable bonds is 3. The molecule has 1 aromatic carbocycles. The molecule has 0 atom stereocenters. The molecule has 0 spiro atoms. The molecule has 0 radical (unpaired) electrons. The molecule has 0 saturated carbocycles. The van der Waals surface area contributed by atoms with E-state index < -0.39 is 0 Å². The van der Waals surface area contributed by atoms with Crippen molar-refractivity contribution in [3.8, 4) is 28.3 Å². The Morgan fingerprint density at radius 3 is 2.52 bits per heavy atom. The molecule has 4 aromatic rings. The summed E-state index contributed by atoms with van der Waals surface area (Å²) in [6.45, 7) is 0. The summed E-state index contributed by atoms with van der Waals surface area (Å²) in [4.78, 5) is 18.4. The lowest BCUT2D eigenvalue weighted by Crippen LogP contribution is -2.11. The maximum Gasteiger partial charge on any atom is 0.166 e.